The lowest BCUT2D eigenvalue weighted by molar-refractivity contribution is -0.385. The molecule has 0 aliphatic carbocycles. The van der Waals surface area contributed by atoms with E-state index >= 15 is 0 Å². The van der Waals surface area contributed by atoms with Gasteiger partial charge in [0.2, 0.25) is 5.91 Å². The molecule has 0 fully saturated rings. The molecular formula is C23H20FN3O5. The van der Waals surface area contributed by atoms with Crippen molar-refractivity contribution in [3.05, 3.63) is 99.4 Å². The molecule has 8 nitrogen and oxygen atoms in total. The minimum absolute atomic E-state index is 0.118. The van der Waals surface area contributed by atoms with Crippen molar-refractivity contribution in [2.24, 2.45) is 5.10 Å². The molecule has 0 radical (unpaired) electrons. The molecule has 0 aliphatic rings. The Kier molecular flexibility index (Phi) is 7.47. The molecule has 0 bridgehead atoms. The molecule has 1 amide bonds. The summed E-state index contributed by atoms with van der Waals surface area (Å²) >= 11 is 0. The first-order chi connectivity index (χ1) is 15.5. The molecule has 0 saturated carbocycles. The van der Waals surface area contributed by atoms with Gasteiger partial charge in [0.1, 0.15) is 12.4 Å². The Bertz CT molecular complexity index is 1130. The number of hydrogen-bond donors (Lipinski definition) is 1. The van der Waals surface area contributed by atoms with Crippen LogP contribution in [-0.4, -0.2) is 24.2 Å². The molecule has 3 aromatic rings. The van der Waals surface area contributed by atoms with Gasteiger partial charge in [0.25, 0.3) is 5.69 Å². The Morgan fingerprint density at radius 1 is 1.12 bits per heavy atom. The minimum atomic E-state index is -0.530. The summed E-state index contributed by atoms with van der Waals surface area (Å²) in [5.41, 5.74) is 3.98. The first kappa shape index (κ1) is 22.4. The second-order valence-electron chi connectivity index (χ2n) is 6.68. The number of nitrogens with one attached hydrogen (secondary N) is 1. The molecule has 3 aromatic carbocycles. The fraction of sp³-hybridized carbons (Fsp3) is 0.130. The standard InChI is InChI=1S/C23H20FN3O5/c1-31-22-12-17(8-11-21(22)32-15-16-6-9-19(24)10-7-16)14-25-26-23(28)13-18-4-2-3-5-20(18)27(29)30/h2-12,14H,13,15H2,1H3,(H,26,28). The van der Waals surface area contributed by atoms with Gasteiger partial charge < -0.3 is 9.47 Å². The van der Waals surface area contributed by atoms with Crippen LogP contribution in [0.25, 0.3) is 0 Å². The van der Waals surface area contributed by atoms with Gasteiger partial charge in [-0.1, -0.05) is 30.3 Å². The number of hydrogen-bond acceptors (Lipinski definition) is 6. The first-order valence-electron chi connectivity index (χ1n) is 9.55. The van der Waals surface area contributed by atoms with Crippen LogP contribution in [0.4, 0.5) is 10.1 Å². The molecular weight excluding hydrogens is 417 g/mol. The second kappa shape index (κ2) is 10.7. The molecule has 32 heavy (non-hydrogen) atoms. The fourth-order valence-corrected chi connectivity index (χ4v) is 2.86. The molecule has 164 valence electrons. The van der Waals surface area contributed by atoms with Crippen LogP contribution in [0.3, 0.4) is 0 Å². The second-order valence-corrected chi connectivity index (χ2v) is 6.68. The molecule has 3 rings (SSSR count). The number of carbonyl (C=O) groups excluding carboxylic acids is 1. The molecule has 9 heteroatoms. The topological polar surface area (TPSA) is 103 Å². The van der Waals surface area contributed by atoms with E-state index in [0.717, 1.165) is 5.56 Å². The summed E-state index contributed by atoms with van der Waals surface area (Å²) in [5.74, 6) is 0.155. The van der Waals surface area contributed by atoms with Crippen molar-refractivity contribution in [3.63, 3.8) is 0 Å². The largest absolute Gasteiger partial charge is 0.493 e. The summed E-state index contributed by atoms with van der Waals surface area (Å²) in [6, 6.07) is 17.1. The van der Waals surface area contributed by atoms with Gasteiger partial charge in [0, 0.05) is 11.6 Å². The number of nitro benzene ring substituents is 1. The van der Waals surface area contributed by atoms with Gasteiger partial charge in [-0.2, -0.15) is 5.10 Å². The van der Waals surface area contributed by atoms with Gasteiger partial charge in [-0.05, 0) is 41.5 Å². The number of ether oxygens (including phenoxy) is 2. The van der Waals surface area contributed by atoms with E-state index in [1.165, 1.54) is 43.7 Å². The maximum atomic E-state index is 13.0. The van der Waals surface area contributed by atoms with Crippen LogP contribution in [0.2, 0.25) is 0 Å². The van der Waals surface area contributed by atoms with E-state index in [2.05, 4.69) is 10.5 Å². The van der Waals surface area contributed by atoms with E-state index in [1.54, 1.807) is 36.4 Å². The van der Waals surface area contributed by atoms with E-state index < -0.39 is 10.8 Å². The molecule has 0 aliphatic heterocycles. The van der Waals surface area contributed by atoms with Crippen LogP contribution in [0.1, 0.15) is 16.7 Å². The van der Waals surface area contributed by atoms with Crippen molar-refractivity contribution < 1.29 is 23.6 Å². The van der Waals surface area contributed by atoms with Gasteiger partial charge in [-0.3, -0.25) is 14.9 Å². The lowest BCUT2D eigenvalue weighted by atomic mass is 10.1. The predicted molar refractivity (Wildman–Crippen MR) is 116 cm³/mol. The Morgan fingerprint density at radius 2 is 1.88 bits per heavy atom. The predicted octanol–water partition coefficient (Wildman–Crippen LogP) is 4.01. The van der Waals surface area contributed by atoms with Crippen molar-refractivity contribution in [2.45, 2.75) is 13.0 Å². The van der Waals surface area contributed by atoms with Crippen molar-refractivity contribution in [2.75, 3.05) is 7.11 Å². The van der Waals surface area contributed by atoms with Crippen LogP contribution in [0, 0.1) is 15.9 Å². The van der Waals surface area contributed by atoms with Crippen molar-refractivity contribution in [1.29, 1.82) is 0 Å². The lowest BCUT2D eigenvalue weighted by Gasteiger charge is -2.11. The van der Waals surface area contributed by atoms with Crippen molar-refractivity contribution in [3.8, 4) is 11.5 Å². The third kappa shape index (κ3) is 6.11. The first-order valence-corrected chi connectivity index (χ1v) is 9.55. The highest BCUT2D eigenvalue weighted by Gasteiger charge is 2.15. The number of para-hydroxylation sites is 1. The number of halogens is 1. The third-order valence-corrected chi connectivity index (χ3v) is 4.44. The summed E-state index contributed by atoms with van der Waals surface area (Å²) in [7, 11) is 1.50. The molecule has 0 atom stereocenters. The van der Waals surface area contributed by atoms with Crippen LogP contribution in [0.5, 0.6) is 11.5 Å². The monoisotopic (exact) mass is 437 g/mol. The minimum Gasteiger partial charge on any atom is -0.493 e. The Labute approximate surface area is 183 Å². The lowest BCUT2D eigenvalue weighted by Crippen LogP contribution is -2.20. The SMILES string of the molecule is COc1cc(C=NNC(=O)Cc2ccccc2[N+](=O)[O-])ccc1OCc1ccc(F)cc1. The van der Waals surface area contributed by atoms with Crippen molar-refractivity contribution in [1.82, 2.24) is 5.43 Å². The third-order valence-electron chi connectivity index (χ3n) is 4.44. The number of nitrogens with zero attached hydrogens (tertiary/aromatic N) is 2. The van der Waals surface area contributed by atoms with Crippen LogP contribution >= 0.6 is 0 Å². The smallest absolute Gasteiger partial charge is 0.273 e. The number of carbonyl (C=O) groups is 1. The molecule has 0 spiro atoms. The summed E-state index contributed by atoms with van der Waals surface area (Å²) in [4.78, 5) is 22.6. The molecule has 0 saturated heterocycles. The normalized spacial score (nSPS) is 10.7. The van der Waals surface area contributed by atoms with Gasteiger partial charge in [-0.15, -0.1) is 0 Å². The molecule has 1 N–H and O–H groups in total. The van der Waals surface area contributed by atoms with Crippen LogP contribution in [0.15, 0.2) is 71.8 Å². The molecule has 0 heterocycles. The number of amides is 1. The van der Waals surface area contributed by atoms with E-state index in [-0.39, 0.29) is 24.5 Å². The highest BCUT2D eigenvalue weighted by molar-refractivity contribution is 5.84. The van der Waals surface area contributed by atoms with Crippen molar-refractivity contribution >= 4 is 17.8 Å². The molecule has 0 unspecified atom stereocenters. The van der Waals surface area contributed by atoms with Crippen LogP contribution < -0.4 is 14.9 Å². The maximum Gasteiger partial charge on any atom is 0.273 e. The summed E-state index contributed by atoms with van der Waals surface area (Å²) in [6.07, 6.45) is 1.25. The summed E-state index contributed by atoms with van der Waals surface area (Å²) in [5, 5.41) is 14.9. The number of nitro groups is 1. The Morgan fingerprint density at radius 3 is 2.59 bits per heavy atom. The van der Waals surface area contributed by atoms with Gasteiger partial charge in [0.05, 0.1) is 24.7 Å². The zero-order chi connectivity index (χ0) is 22.9. The Balaban J connectivity index is 1.59. The fourth-order valence-electron chi connectivity index (χ4n) is 2.86. The average Bonchev–Trinajstić information content (AvgIpc) is 2.79. The quantitative estimate of drug-likeness (QED) is 0.309. The van der Waals surface area contributed by atoms with Gasteiger partial charge in [0.15, 0.2) is 11.5 Å². The summed E-state index contributed by atoms with van der Waals surface area (Å²) < 4.78 is 24.1. The van der Waals surface area contributed by atoms with Gasteiger partial charge >= 0.3 is 0 Å². The number of hydrazone groups is 1. The highest BCUT2D eigenvalue weighted by Crippen LogP contribution is 2.28. The van der Waals surface area contributed by atoms with E-state index in [9.17, 15) is 19.3 Å². The highest BCUT2D eigenvalue weighted by atomic mass is 19.1. The zero-order valence-electron chi connectivity index (χ0n) is 17.2. The maximum absolute atomic E-state index is 13.0. The number of methoxy groups -OCH3 is 1. The molecule has 0 aromatic heterocycles. The number of rotatable bonds is 9. The van der Waals surface area contributed by atoms with E-state index in [0.29, 0.717) is 22.6 Å². The summed E-state index contributed by atoms with van der Waals surface area (Å²) in [6.45, 7) is 0.242. The average molecular weight is 437 g/mol. The van der Waals surface area contributed by atoms with Crippen LogP contribution in [-0.2, 0) is 17.8 Å². The van der Waals surface area contributed by atoms with E-state index in [1.807, 2.05) is 0 Å². The van der Waals surface area contributed by atoms with Gasteiger partial charge in [-0.25, -0.2) is 9.82 Å². The number of benzene rings is 3. The Hall–Kier alpha value is -4.27. The van der Waals surface area contributed by atoms with E-state index in [4.69, 9.17) is 9.47 Å². The zero-order valence-corrected chi connectivity index (χ0v) is 17.2.